The van der Waals surface area contributed by atoms with Gasteiger partial charge in [-0.05, 0) is 17.5 Å². The highest BCUT2D eigenvalue weighted by Crippen LogP contribution is 2.22. The van der Waals surface area contributed by atoms with E-state index in [0.29, 0.717) is 37.3 Å². The van der Waals surface area contributed by atoms with Crippen molar-refractivity contribution in [2.45, 2.75) is 33.4 Å². The van der Waals surface area contributed by atoms with Crippen molar-refractivity contribution in [3.8, 4) is 0 Å². The van der Waals surface area contributed by atoms with Gasteiger partial charge < -0.3 is 10.1 Å². The maximum atomic E-state index is 13.3. The Morgan fingerprint density at radius 1 is 1.22 bits per heavy atom. The summed E-state index contributed by atoms with van der Waals surface area (Å²) in [6.07, 6.45) is 0. The zero-order valence-corrected chi connectivity index (χ0v) is 19.1. The fourth-order valence-corrected chi connectivity index (χ4v) is 3.81. The molecule has 2 heterocycles. The van der Waals surface area contributed by atoms with Gasteiger partial charge in [-0.25, -0.2) is 19.2 Å². The Balaban J connectivity index is 1.92. The van der Waals surface area contributed by atoms with Gasteiger partial charge in [-0.3, -0.25) is 14.9 Å². The molecular formula is C21H32N8O3. The van der Waals surface area contributed by atoms with Gasteiger partial charge in [-0.15, -0.1) is 0 Å². The minimum Gasteiger partial charge on any atom is -0.379 e. The van der Waals surface area contributed by atoms with E-state index in [2.05, 4.69) is 15.4 Å². The number of carbonyl (C=O) groups is 1. The van der Waals surface area contributed by atoms with Crippen LogP contribution in [0, 0.1) is 16.4 Å². The Morgan fingerprint density at radius 3 is 2.44 bits per heavy atom. The van der Waals surface area contributed by atoms with Crippen molar-refractivity contribution >= 4 is 22.9 Å². The lowest BCUT2D eigenvalue weighted by atomic mass is 9.86. The van der Waals surface area contributed by atoms with E-state index in [1.807, 2.05) is 32.9 Å². The predicted octanol–water partition coefficient (Wildman–Crippen LogP) is 1.96. The summed E-state index contributed by atoms with van der Waals surface area (Å²) in [6, 6.07) is 5.83. The van der Waals surface area contributed by atoms with Gasteiger partial charge in [0.1, 0.15) is 5.84 Å². The first-order valence-corrected chi connectivity index (χ1v) is 10.7. The molecule has 0 bridgehead atoms. The van der Waals surface area contributed by atoms with E-state index in [9.17, 15) is 9.59 Å². The molecule has 174 valence electrons. The van der Waals surface area contributed by atoms with Crippen molar-refractivity contribution in [3.63, 3.8) is 0 Å². The Kier molecular flexibility index (Phi) is 7.09. The zero-order valence-electron chi connectivity index (χ0n) is 19.1. The third-order valence-corrected chi connectivity index (χ3v) is 5.69. The summed E-state index contributed by atoms with van der Waals surface area (Å²) >= 11 is 0. The second kappa shape index (κ2) is 9.61. The molecule has 1 aromatic carbocycles. The van der Waals surface area contributed by atoms with Crippen LogP contribution in [0.1, 0.15) is 20.8 Å². The number of nitrogens with one attached hydrogen (secondary N) is 3. The third kappa shape index (κ3) is 4.89. The lowest BCUT2D eigenvalue weighted by Gasteiger charge is -2.33. The summed E-state index contributed by atoms with van der Waals surface area (Å²) in [4.78, 5) is 28.8. The van der Waals surface area contributed by atoms with Gasteiger partial charge in [0, 0.05) is 33.2 Å². The van der Waals surface area contributed by atoms with Crippen LogP contribution in [-0.2, 0) is 11.3 Å². The lowest BCUT2D eigenvalue weighted by Crippen LogP contribution is -2.54. The maximum Gasteiger partial charge on any atom is 0.337 e. The number of fused-ring (bicyclic) bond motifs is 1. The lowest BCUT2D eigenvalue weighted by molar-refractivity contribution is 0.0364. The first-order valence-electron chi connectivity index (χ1n) is 10.7. The Hall–Kier alpha value is -3.05. The number of hydrogen-bond donors (Lipinski definition) is 3. The minimum absolute atomic E-state index is 0.0371. The monoisotopic (exact) mass is 444 g/mol. The quantitative estimate of drug-likeness (QED) is 0.271. The van der Waals surface area contributed by atoms with Crippen LogP contribution in [0.25, 0.3) is 11.0 Å². The van der Waals surface area contributed by atoms with Crippen molar-refractivity contribution in [1.82, 2.24) is 24.4 Å². The number of rotatable bonds is 6. The first kappa shape index (κ1) is 23.6. The van der Waals surface area contributed by atoms with E-state index in [1.54, 1.807) is 16.7 Å². The molecule has 1 amide bonds. The standard InChI is InChI=1S/C21H32N8O3/c1-21(2,3)17(18(22)26(4)25-23)24-19(30)29-16-8-6-5-7-15(16)28(20(29)31)10-9-27-11-13-32-14-12-27/h5-8,17,22-23H,9-14H2,1-4H3,(H,24,30)/t17-/m1/s1. The minimum atomic E-state index is -0.753. The van der Waals surface area contributed by atoms with Gasteiger partial charge in [0.25, 0.3) is 0 Å². The second-order valence-corrected chi connectivity index (χ2v) is 8.97. The van der Waals surface area contributed by atoms with Crippen LogP contribution < -0.4 is 11.0 Å². The molecule has 1 atom stereocenters. The number of benzene rings is 1. The number of ether oxygens (including phenoxy) is 1. The Labute approximate surface area is 186 Å². The smallest absolute Gasteiger partial charge is 0.337 e. The Bertz CT molecular complexity index is 1050. The normalized spacial score (nSPS) is 16.0. The highest BCUT2D eigenvalue weighted by Gasteiger charge is 2.33. The largest absolute Gasteiger partial charge is 0.379 e. The molecule has 0 saturated carbocycles. The summed E-state index contributed by atoms with van der Waals surface area (Å²) in [5, 5.41) is 15.5. The van der Waals surface area contributed by atoms with Crippen LogP contribution in [0.15, 0.2) is 34.3 Å². The van der Waals surface area contributed by atoms with Crippen molar-refractivity contribution in [1.29, 1.82) is 10.9 Å². The van der Waals surface area contributed by atoms with Gasteiger partial charge in [-0.1, -0.05) is 38.1 Å². The van der Waals surface area contributed by atoms with Gasteiger partial charge in [-0.2, -0.15) is 5.53 Å². The number of carbonyl (C=O) groups excluding carboxylic acids is 1. The number of imidazole rings is 1. The number of morpholine rings is 1. The van der Waals surface area contributed by atoms with E-state index >= 15 is 0 Å². The van der Waals surface area contributed by atoms with E-state index < -0.39 is 23.2 Å². The first-order chi connectivity index (χ1) is 15.1. The van der Waals surface area contributed by atoms with Crippen LogP contribution in [0.2, 0.25) is 0 Å². The van der Waals surface area contributed by atoms with Gasteiger partial charge >= 0.3 is 11.7 Å². The average molecular weight is 445 g/mol. The van der Waals surface area contributed by atoms with Gasteiger partial charge in [0.2, 0.25) is 0 Å². The van der Waals surface area contributed by atoms with Gasteiger partial charge in [0.15, 0.2) is 0 Å². The number of amides is 1. The molecule has 1 aromatic heterocycles. The SMILES string of the molecule is CN(N=N)C(=N)[C@@H](NC(=O)n1c(=O)n(CCN2CCOCC2)c2ccccc21)C(C)(C)C. The molecule has 2 aromatic rings. The van der Waals surface area contributed by atoms with Crippen LogP contribution >= 0.6 is 0 Å². The molecule has 1 fully saturated rings. The third-order valence-electron chi connectivity index (χ3n) is 5.69. The molecular weight excluding hydrogens is 412 g/mol. The van der Waals surface area contributed by atoms with Gasteiger partial charge in [0.05, 0.1) is 30.3 Å². The number of aromatic nitrogens is 2. The highest BCUT2D eigenvalue weighted by atomic mass is 16.5. The molecule has 0 radical (unpaired) electrons. The van der Waals surface area contributed by atoms with Crippen LogP contribution in [-0.4, -0.2) is 76.8 Å². The van der Waals surface area contributed by atoms with Crippen molar-refractivity contribution in [2.75, 3.05) is 39.9 Å². The molecule has 3 rings (SSSR count). The fraction of sp³-hybridized carbons (Fsp3) is 0.571. The van der Waals surface area contributed by atoms with Crippen LogP contribution in [0.5, 0.6) is 0 Å². The molecule has 1 aliphatic rings. The summed E-state index contributed by atoms with van der Waals surface area (Å²) in [7, 11) is 1.48. The number of para-hydroxylation sites is 2. The summed E-state index contributed by atoms with van der Waals surface area (Å²) < 4.78 is 8.13. The van der Waals surface area contributed by atoms with Crippen LogP contribution in [0.4, 0.5) is 4.79 Å². The van der Waals surface area contributed by atoms with E-state index in [0.717, 1.165) is 22.7 Å². The molecule has 0 unspecified atom stereocenters. The topological polar surface area (TPSA) is 132 Å². The average Bonchev–Trinajstić information content (AvgIpc) is 3.06. The predicted molar refractivity (Wildman–Crippen MR) is 121 cm³/mol. The molecule has 0 spiro atoms. The van der Waals surface area contributed by atoms with Crippen molar-refractivity contribution < 1.29 is 9.53 Å². The molecule has 3 N–H and O–H groups in total. The number of amidine groups is 1. The number of likely N-dealkylation sites (N-methyl/N-ethyl adjacent to an activating group) is 1. The molecule has 1 saturated heterocycles. The Morgan fingerprint density at radius 2 is 1.84 bits per heavy atom. The van der Waals surface area contributed by atoms with Crippen LogP contribution in [0.3, 0.4) is 0 Å². The highest BCUT2D eigenvalue weighted by molar-refractivity contribution is 5.93. The molecule has 11 nitrogen and oxygen atoms in total. The number of hydrogen-bond acceptors (Lipinski definition) is 7. The van der Waals surface area contributed by atoms with E-state index in [-0.39, 0.29) is 5.84 Å². The fourth-order valence-electron chi connectivity index (χ4n) is 3.81. The van der Waals surface area contributed by atoms with E-state index in [4.69, 9.17) is 15.7 Å². The van der Waals surface area contributed by atoms with Crippen molar-refractivity contribution in [2.24, 2.45) is 10.6 Å². The molecule has 0 aliphatic carbocycles. The van der Waals surface area contributed by atoms with E-state index in [1.165, 1.54) is 7.05 Å². The summed E-state index contributed by atoms with van der Waals surface area (Å²) in [6.45, 7) is 9.75. The summed E-state index contributed by atoms with van der Waals surface area (Å²) in [5.41, 5.74) is 7.42. The maximum absolute atomic E-state index is 13.3. The second-order valence-electron chi connectivity index (χ2n) is 8.97. The molecule has 11 heteroatoms. The summed E-state index contributed by atoms with van der Waals surface area (Å²) in [5.74, 6) is -0.0371. The number of nitrogens with zero attached hydrogens (tertiary/aromatic N) is 5. The molecule has 1 aliphatic heterocycles. The zero-order chi connectivity index (χ0) is 23.5. The van der Waals surface area contributed by atoms with Crippen molar-refractivity contribution in [3.05, 3.63) is 34.7 Å². The molecule has 32 heavy (non-hydrogen) atoms.